The Bertz CT molecular complexity index is 609. The molecule has 0 unspecified atom stereocenters. The van der Waals surface area contributed by atoms with Crippen molar-refractivity contribution >= 4 is 22.0 Å². The van der Waals surface area contributed by atoms with Crippen LogP contribution in [0.4, 0.5) is 0 Å². The van der Waals surface area contributed by atoms with E-state index in [2.05, 4.69) is 5.10 Å². The molecule has 1 rings (SSSR count). The molecule has 0 amide bonds. The van der Waals surface area contributed by atoms with Gasteiger partial charge in [-0.05, 0) is 6.92 Å². The minimum atomic E-state index is -3.82. The predicted molar refractivity (Wildman–Crippen MR) is 70.9 cm³/mol. The van der Waals surface area contributed by atoms with E-state index in [1.807, 2.05) is 0 Å². The van der Waals surface area contributed by atoms with Crippen LogP contribution in [-0.2, 0) is 30.9 Å². The normalized spacial score (nSPS) is 11.6. The number of hydrogen-bond donors (Lipinski definition) is 1. The van der Waals surface area contributed by atoms with Gasteiger partial charge in [-0.2, -0.15) is 5.10 Å². The summed E-state index contributed by atoms with van der Waals surface area (Å²) in [5.41, 5.74) is 0. The van der Waals surface area contributed by atoms with E-state index in [1.54, 1.807) is 6.92 Å². The zero-order chi connectivity index (χ0) is 16.0. The molecule has 0 aliphatic carbocycles. The molecule has 0 saturated heterocycles. The van der Waals surface area contributed by atoms with Crippen molar-refractivity contribution in [3.05, 3.63) is 12.4 Å². The fourth-order valence-corrected chi connectivity index (χ4v) is 2.61. The Morgan fingerprint density at radius 3 is 2.71 bits per heavy atom. The van der Waals surface area contributed by atoms with Crippen molar-refractivity contribution in [3.63, 3.8) is 0 Å². The van der Waals surface area contributed by atoms with Gasteiger partial charge < -0.3 is 9.84 Å². The maximum atomic E-state index is 12.2. The quantitative estimate of drug-likeness (QED) is 0.644. The third kappa shape index (κ3) is 4.83. The van der Waals surface area contributed by atoms with E-state index >= 15 is 0 Å². The van der Waals surface area contributed by atoms with E-state index < -0.39 is 28.5 Å². The first-order chi connectivity index (χ1) is 9.77. The fourth-order valence-electron chi connectivity index (χ4n) is 1.48. The van der Waals surface area contributed by atoms with Gasteiger partial charge in [-0.1, -0.05) is 0 Å². The average molecular weight is 319 g/mol. The van der Waals surface area contributed by atoms with Gasteiger partial charge in [-0.15, -0.1) is 0 Å². The summed E-state index contributed by atoms with van der Waals surface area (Å²) in [6.45, 7) is 1.43. The van der Waals surface area contributed by atoms with Crippen LogP contribution in [0.25, 0.3) is 0 Å². The largest absolute Gasteiger partial charge is 0.480 e. The highest BCUT2D eigenvalue weighted by molar-refractivity contribution is 7.89. The second kappa shape index (κ2) is 7.18. The summed E-state index contributed by atoms with van der Waals surface area (Å²) in [5.74, 6) is -1.61. The van der Waals surface area contributed by atoms with Gasteiger partial charge in [0.15, 0.2) is 0 Å². The summed E-state index contributed by atoms with van der Waals surface area (Å²) >= 11 is 0. The Hall–Kier alpha value is -1.94. The molecule has 1 heterocycles. The Labute approximate surface area is 122 Å². The topological polar surface area (TPSA) is 119 Å². The van der Waals surface area contributed by atoms with Gasteiger partial charge in [0.25, 0.3) is 0 Å². The summed E-state index contributed by atoms with van der Waals surface area (Å²) in [6.07, 6.45) is 2.14. The highest BCUT2D eigenvalue weighted by Crippen LogP contribution is 2.13. The zero-order valence-electron chi connectivity index (χ0n) is 11.7. The van der Waals surface area contributed by atoms with Gasteiger partial charge in [0.1, 0.15) is 11.4 Å². The van der Waals surface area contributed by atoms with Crippen LogP contribution < -0.4 is 0 Å². The molecule has 1 aromatic heterocycles. The van der Waals surface area contributed by atoms with E-state index in [-0.39, 0.29) is 24.5 Å². The molecule has 1 N–H and O–H groups in total. The molecule has 9 nitrogen and oxygen atoms in total. The van der Waals surface area contributed by atoms with Gasteiger partial charge >= 0.3 is 11.9 Å². The number of carbonyl (C=O) groups is 2. The van der Waals surface area contributed by atoms with Crippen LogP contribution >= 0.6 is 0 Å². The van der Waals surface area contributed by atoms with Gasteiger partial charge in [0.05, 0.1) is 19.2 Å². The second-order valence-corrected chi connectivity index (χ2v) is 6.19. The number of hydrogen-bond acceptors (Lipinski definition) is 6. The van der Waals surface area contributed by atoms with Crippen molar-refractivity contribution < 1.29 is 27.9 Å². The fraction of sp³-hybridized carbons (Fsp3) is 0.545. The molecular weight excluding hydrogens is 302 g/mol. The highest BCUT2D eigenvalue weighted by Gasteiger charge is 2.23. The van der Waals surface area contributed by atoms with Gasteiger partial charge in [-0.3, -0.25) is 14.3 Å². The number of aliphatic carboxylic acids is 1. The Balaban J connectivity index is 2.73. The van der Waals surface area contributed by atoms with Crippen molar-refractivity contribution in [3.8, 4) is 0 Å². The molecule has 0 aliphatic heterocycles. The molecule has 118 valence electrons. The first-order valence-corrected chi connectivity index (χ1v) is 7.57. The maximum Gasteiger partial charge on any atom is 0.325 e. The lowest BCUT2D eigenvalue weighted by molar-refractivity contribution is -0.143. The molecular formula is C11H17N3O6S. The third-order valence-corrected chi connectivity index (χ3v) is 4.36. The van der Waals surface area contributed by atoms with Crippen LogP contribution in [0.1, 0.15) is 13.3 Å². The number of esters is 1. The SMILES string of the molecule is CCOC(=O)CCN(C)S(=O)(=O)c1cnn(CC(=O)O)c1. The predicted octanol–water partition coefficient (Wildman–Crippen LogP) is -0.459. The second-order valence-electron chi connectivity index (χ2n) is 4.15. The van der Waals surface area contributed by atoms with E-state index in [1.165, 1.54) is 7.05 Å². The van der Waals surface area contributed by atoms with E-state index in [9.17, 15) is 18.0 Å². The number of rotatable bonds is 8. The molecule has 1 aromatic rings. The molecule has 0 aromatic carbocycles. The number of carbonyl (C=O) groups excluding carboxylic acids is 1. The summed E-state index contributed by atoms with van der Waals surface area (Å²) in [4.78, 5) is 21.6. The van der Waals surface area contributed by atoms with Crippen LogP contribution in [0.15, 0.2) is 17.3 Å². The first-order valence-electron chi connectivity index (χ1n) is 6.13. The van der Waals surface area contributed by atoms with Crippen molar-refractivity contribution in [1.29, 1.82) is 0 Å². The van der Waals surface area contributed by atoms with Crippen LogP contribution in [0.5, 0.6) is 0 Å². The lowest BCUT2D eigenvalue weighted by atomic mass is 10.4. The average Bonchev–Trinajstić information content (AvgIpc) is 2.84. The number of carboxylic acid groups (broad SMARTS) is 1. The summed E-state index contributed by atoms with van der Waals surface area (Å²) < 4.78 is 31.1. The monoisotopic (exact) mass is 319 g/mol. The minimum absolute atomic E-state index is 0.0364. The van der Waals surface area contributed by atoms with Crippen molar-refractivity contribution in [1.82, 2.24) is 14.1 Å². The van der Waals surface area contributed by atoms with Crippen molar-refractivity contribution in [2.24, 2.45) is 0 Å². The Morgan fingerprint density at radius 2 is 2.14 bits per heavy atom. The first kappa shape index (κ1) is 17.1. The molecule has 21 heavy (non-hydrogen) atoms. The number of nitrogens with zero attached hydrogens (tertiary/aromatic N) is 3. The molecule has 0 atom stereocenters. The van der Waals surface area contributed by atoms with Gasteiger partial charge in [-0.25, -0.2) is 12.7 Å². The number of carboxylic acids is 1. The standard InChI is InChI=1S/C11H17N3O6S/c1-3-20-11(17)4-5-13(2)21(18,19)9-6-12-14(7-9)8-10(15)16/h6-7H,3-5,8H2,1-2H3,(H,15,16). The maximum absolute atomic E-state index is 12.2. The van der Waals surface area contributed by atoms with E-state index in [4.69, 9.17) is 9.84 Å². The third-order valence-electron chi connectivity index (χ3n) is 2.55. The molecule has 10 heteroatoms. The van der Waals surface area contributed by atoms with E-state index in [0.29, 0.717) is 0 Å². The Kier molecular flexibility index (Phi) is 5.85. The molecule has 0 spiro atoms. The van der Waals surface area contributed by atoms with Crippen molar-refractivity contribution in [2.75, 3.05) is 20.2 Å². The summed E-state index contributed by atoms with van der Waals surface area (Å²) in [6, 6.07) is 0. The summed E-state index contributed by atoms with van der Waals surface area (Å²) in [5, 5.41) is 12.3. The summed E-state index contributed by atoms with van der Waals surface area (Å²) in [7, 11) is -2.49. The van der Waals surface area contributed by atoms with E-state index in [0.717, 1.165) is 21.4 Å². The Morgan fingerprint density at radius 1 is 1.48 bits per heavy atom. The molecule has 0 bridgehead atoms. The molecule has 0 radical (unpaired) electrons. The zero-order valence-corrected chi connectivity index (χ0v) is 12.5. The number of ether oxygens (including phenoxy) is 1. The van der Waals surface area contributed by atoms with Gasteiger partial charge in [0.2, 0.25) is 10.0 Å². The highest BCUT2D eigenvalue weighted by atomic mass is 32.2. The number of aromatic nitrogens is 2. The smallest absolute Gasteiger partial charge is 0.325 e. The molecule has 0 fully saturated rings. The van der Waals surface area contributed by atoms with Crippen LogP contribution in [0.2, 0.25) is 0 Å². The van der Waals surface area contributed by atoms with Crippen molar-refractivity contribution in [2.45, 2.75) is 24.8 Å². The lowest BCUT2D eigenvalue weighted by Crippen LogP contribution is -2.29. The lowest BCUT2D eigenvalue weighted by Gasteiger charge is -2.15. The molecule has 0 saturated carbocycles. The van der Waals surface area contributed by atoms with Crippen LogP contribution in [0.3, 0.4) is 0 Å². The van der Waals surface area contributed by atoms with Crippen LogP contribution in [0, 0.1) is 0 Å². The molecule has 0 aliphatic rings. The van der Waals surface area contributed by atoms with Crippen LogP contribution in [-0.4, -0.2) is 59.7 Å². The van der Waals surface area contributed by atoms with Gasteiger partial charge in [0, 0.05) is 19.8 Å². The number of sulfonamides is 1. The minimum Gasteiger partial charge on any atom is -0.480 e.